The van der Waals surface area contributed by atoms with E-state index in [4.69, 9.17) is 14.7 Å². The number of carbonyl (C=O) groups excluding carboxylic acids is 1. The van der Waals surface area contributed by atoms with E-state index in [9.17, 15) is 4.79 Å². The summed E-state index contributed by atoms with van der Waals surface area (Å²) in [7, 11) is 1.61. The first-order valence-corrected chi connectivity index (χ1v) is 11.6. The number of hydrogen-bond donors (Lipinski definition) is 3. The lowest BCUT2D eigenvalue weighted by molar-refractivity contribution is -0.117. The van der Waals surface area contributed by atoms with Gasteiger partial charge in [0.2, 0.25) is 5.91 Å². The highest BCUT2D eigenvalue weighted by Crippen LogP contribution is 2.32. The van der Waals surface area contributed by atoms with Gasteiger partial charge in [-0.05, 0) is 37.6 Å². The zero-order valence-electron chi connectivity index (χ0n) is 19.7. The molecule has 1 aromatic carbocycles. The maximum atomic E-state index is 12.8. The van der Waals surface area contributed by atoms with Gasteiger partial charge in [0.25, 0.3) is 0 Å². The minimum absolute atomic E-state index is 0.134. The molecule has 9 heteroatoms. The minimum atomic E-state index is -0.312. The number of nitrogens with zero attached hydrogens (tertiary/aromatic N) is 4. The molecular formula is C26H27N7O2. The number of aromatic nitrogens is 4. The average molecular weight is 470 g/mol. The van der Waals surface area contributed by atoms with Crippen LogP contribution in [0.1, 0.15) is 24.8 Å². The third-order valence-electron chi connectivity index (χ3n) is 6.16. The summed E-state index contributed by atoms with van der Waals surface area (Å²) in [6, 6.07) is 13.5. The Morgan fingerprint density at radius 2 is 2.03 bits per heavy atom. The molecule has 2 unspecified atom stereocenters. The van der Waals surface area contributed by atoms with Gasteiger partial charge < -0.3 is 20.7 Å². The molecule has 3 N–H and O–H groups in total. The van der Waals surface area contributed by atoms with Crippen molar-refractivity contribution < 1.29 is 9.53 Å². The van der Waals surface area contributed by atoms with Crippen LogP contribution in [0.4, 0.5) is 11.6 Å². The van der Waals surface area contributed by atoms with Crippen molar-refractivity contribution in [1.82, 2.24) is 25.3 Å². The number of benzene rings is 1. The molecule has 1 amide bonds. The number of hydrogen-bond acceptors (Lipinski definition) is 8. The van der Waals surface area contributed by atoms with Gasteiger partial charge in [-0.15, -0.1) is 0 Å². The van der Waals surface area contributed by atoms with Crippen molar-refractivity contribution in [2.75, 3.05) is 30.8 Å². The molecule has 3 aromatic heterocycles. The van der Waals surface area contributed by atoms with Crippen LogP contribution in [0, 0.1) is 0 Å². The van der Waals surface area contributed by atoms with E-state index in [1.165, 1.54) is 0 Å². The number of pyridine rings is 2. The number of methoxy groups -OCH3 is 1. The molecule has 2 atom stereocenters. The van der Waals surface area contributed by atoms with Gasteiger partial charge in [0.15, 0.2) is 5.82 Å². The lowest BCUT2D eigenvalue weighted by Gasteiger charge is -2.17. The van der Waals surface area contributed by atoms with Gasteiger partial charge in [-0.1, -0.05) is 30.3 Å². The first-order valence-electron chi connectivity index (χ1n) is 11.6. The van der Waals surface area contributed by atoms with Crippen molar-refractivity contribution >= 4 is 28.4 Å². The lowest BCUT2D eigenvalue weighted by Crippen LogP contribution is -2.23. The molecule has 35 heavy (non-hydrogen) atoms. The Balaban J connectivity index is 1.47. The summed E-state index contributed by atoms with van der Waals surface area (Å²) in [4.78, 5) is 31.0. The Kier molecular flexibility index (Phi) is 6.49. The first-order chi connectivity index (χ1) is 17.1. The molecule has 4 heterocycles. The Labute approximate surface area is 203 Å². The van der Waals surface area contributed by atoms with Crippen LogP contribution in [-0.4, -0.2) is 52.1 Å². The maximum Gasteiger partial charge on any atom is 0.232 e. The van der Waals surface area contributed by atoms with Crippen LogP contribution >= 0.6 is 0 Å². The second kappa shape index (κ2) is 10.0. The van der Waals surface area contributed by atoms with Crippen LogP contribution in [0.5, 0.6) is 5.75 Å². The molecule has 9 nitrogen and oxygen atoms in total. The van der Waals surface area contributed by atoms with E-state index in [2.05, 4.69) is 25.9 Å². The van der Waals surface area contributed by atoms with Gasteiger partial charge in [-0.2, -0.15) is 0 Å². The van der Waals surface area contributed by atoms with Gasteiger partial charge >= 0.3 is 0 Å². The number of nitrogens with one attached hydrogen (secondary N) is 3. The molecule has 5 rings (SSSR count). The third kappa shape index (κ3) is 4.90. The summed E-state index contributed by atoms with van der Waals surface area (Å²) >= 11 is 0. The molecule has 0 spiro atoms. The molecule has 178 valence electrons. The summed E-state index contributed by atoms with van der Waals surface area (Å²) in [6.07, 6.45) is 6.01. The molecule has 0 aliphatic carbocycles. The highest BCUT2D eigenvalue weighted by atomic mass is 16.5. The van der Waals surface area contributed by atoms with Crippen LogP contribution in [0.3, 0.4) is 0 Å². The van der Waals surface area contributed by atoms with Crippen molar-refractivity contribution in [3.8, 4) is 17.1 Å². The zero-order chi connectivity index (χ0) is 24.2. The fourth-order valence-corrected chi connectivity index (χ4v) is 4.18. The Bertz CT molecular complexity index is 1340. The molecule has 0 saturated carbocycles. The maximum absolute atomic E-state index is 12.8. The standard InChI is InChI=1S/C26H27N7O2/c1-16(17-6-4-3-5-7-17)26(34)32-22-12-18(8-11-29-22)24-31-20-14-28-15-21(35-2)23(20)25(33-24)30-19-9-10-27-13-19/h3-8,11-12,14-16,19,27H,9-10,13H2,1-2H3,(H,29,32,34)(H,30,31,33). The zero-order valence-corrected chi connectivity index (χ0v) is 19.7. The molecule has 1 fully saturated rings. The topological polar surface area (TPSA) is 114 Å². The second-order valence-corrected chi connectivity index (χ2v) is 8.52. The largest absolute Gasteiger partial charge is 0.494 e. The monoisotopic (exact) mass is 469 g/mol. The van der Waals surface area contributed by atoms with E-state index in [-0.39, 0.29) is 17.9 Å². The number of amides is 1. The SMILES string of the molecule is COc1cncc2nc(-c3ccnc(NC(=O)C(C)c4ccccc4)c3)nc(NC3CCNC3)c12. The van der Waals surface area contributed by atoms with Crippen molar-refractivity contribution in [2.45, 2.75) is 25.3 Å². The fraction of sp³-hybridized carbons (Fsp3) is 0.269. The molecule has 1 aliphatic heterocycles. The van der Waals surface area contributed by atoms with E-state index in [1.54, 1.807) is 31.8 Å². The Morgan fingerprint density at radius 3 is 2.80 bits per heavy atom. The van der Waals surface area contributed by atoms with Crippen LogP contribution in [-0.2, 0) is 4.79 Å². The van der Waals surface area contributed by atoms with Crippen LogP contribution in [0.25, 0.3) is 22.3 Å². The molecule has 1 saturated heterocycles. The lowest BCUT2D eigenvalue weighted by atomic mass is 10.0. The summed E-state index contributed by atoms with van der Waals surface area (Å²) in [5, 5.41) is 10.6. The van der Waals surface area contributed by atoms with E-state index < -0.39 is 0 Å². The van der Waals surface area contributed by atoms with Gasteiger partial charge in [-0.3, -0.25) is 9.78 Å². The van der Waals surface area contributed by atoms with Crippen LogP contribution in [0.15, 0.2) is 61.1 Å². The van der Waals surface area contributed by atoms with Gasteiger partial charge in [0, 0.05) is 24.3 Å². The second-order valence-electron chi connectivity index (χ2n) is 8.52. The van der Waals surface area contributed by atoms with Crippen LogP contribution < -0.4 is 20.7 Å². The van der Waals surface area contributed by atoms with E-state index >= 15 is 0 Å². The summed E-state index contributed by atoms with van der Waals surface area (Å²) in [5.74, 6) is 1.81. The molecule has 4 aromatic rings. The predicted molar refractivity (Wildman–Crippen MR) is 136 cm³/mol. The van der Waals surface area contributed by atoms with Gasteiger partial charge in [0.05, 0.1) is 36.3 Å². The van der Waals surface area contributed by atoms with E-state index in [1.807, 2.05) is 43.3 Å². The predicted octanol–water partition coefficient (Wildman–Crippen LogP) is 3.61. The third-order valence-corrected chi connectivity index (χ3v) is 6.16. The van der Waals surface area contributed by atoms with Crippen molar-refractivity contribution in [2.24, 2.45) is 0 Å². The van der Waals surface area contributed by atoms with Crippen molar-refractivity contribution in [1.29, 1.82) is 0 Å². The van der Waals surface area contributed by atoms with Gasteiger partial charge in [-0.25, -0.2) is 15.0 Å². The molecule has 1 aliphatic rings. The van der Waals surface area contributed by atoms with Gasteiger partial charge in [0.1, 0.15) is 17.4 Å². The quantitative estimate of drug-likeness (QED) is 0.376. The molecule has 0 radical (unpaired) electrons. The molecular weight excluding hydrogens is 442 g/mol. The Hall–Kier alpha value is -4.11. The van der Waals surface area contributed by atoms with E-state index in [0.29, 0.717) is 28.7 Å². The fourth-order valence-electron chi connectivity index (χ4n) is 4.18. The first kappa shape index (κ1) is 22.7. The smallest absolute Gasteiger partial charge is 0.232 e. The number of anilines is 2. The minimum Gasteiger partial charge on any atom is -0.494 e. The highest BCUT2D eigenvalue weighted by molar-refractivity contribution is 5.96. The summed E-state index contributed by atoms with van der Waals surface area (Å²) < 4.78 is 5.54. The Morgan fingerprint density at radius 1 is 1.17 bits per heavy atom. The number of fused-ring (bicyclic) bond motifs is 1. The summed E-state index contributed by atoms with van der Waals surface area (Å²) in [6.45, 7) is 3.69. The number of carbonyl (C=O) groups is 1. The van der Waals surface area contributed by atoms with E-state index in [0.717, 1.165) is 36.0 Å². The van der Waals surface area contributed by atoms with Crippen LogP contribution in [0.2, 0.25) is 0 Å². The number of rotatable bonds is 7. The van der Waals surface area contributed by atoms with Crippen molar-refractivity contribution in [3.05, 3.63) is 66.6 Å². The molecule has 0 bridgehead atoms. The highest BCUT2D eigenvalue weighted by Gasteiger charge is 2.20. The summed E-state index contributed by atoms with van der Waals surface area (Å²) in [5.41, 5.74) is 2.35. The van der Waals surface area contributed by atoms with Crippen molar-refractivity contribution in [3.63, 3.8) is 0 Å². The number of ether oxygens (including phenoxy) is 1. The normalized spacial score (nSPS) is 16.1. The average Bonchev–Trinajstić information content (AvgIpc) is 3.41.